The molecule has 0 unspecified atom stereocenters. The van der Waals surface area contributed by atoms with Crippen molar-refractivity contribution in [1.29, 1.82) is 0 Å². The summed E-state index contributed by atoms with van der Waals surface area (Å²) in [5.41, 5.74) is -0.232. The summed E-state index contributed by atoms with van der Waals surface area (Å²) in [4.78, 5) is 22.4. The number of rotatable bonds is 7. The molecule has 0 saturated heterocycles. The number of carboxylic acid groups (broad SMARTS) is 2. The maximum atomic E-state index is 11.2. The fourth-order valence-electron chi connectivity index (χ4n) is 1.71. The molecule has 1 rings (SSSR count). The summed E-state index contributed by atoms with van der Waals surface area (Å²) in [5.74, 6) is -2.44. The Kier molecular flexibility index (Phi) is 5.47. The molecule has 0 amide bonds. The van der Waals surface area contributed by atoms with E-state index >= 15 is 0 Å². The second-order valence-electron chi connectivity index (χ2n) is 3.62. The van der Waals surface area contributed by atoms with Crippen molar-refractivity contribution in [3.05, 3.63) is 34.9 Å². The molecule has 0 saturated carbocycles. The van der Waals surface area contributed by atoms with E-state index in [1.807, 2.05) is 0 Å². The summed E-state index contributed by atoms with van der Waals surface area (Å²) in [6.45, 7) is 3.99. The Morgan fingerprint density at radius 1 is 1.05 bits per heavy atom. The van der Waals surface area contributed by atoms with Crippen LogP contribution in [-0.4, -0.2) is 35.4 Å². The van der Waals surface area contributed by atoms with Gasteiger partial charge in [-0.15, -0.1) is 0 Å². The van der Waals surface area contributed by atoms with E-state index in [-0.39, 0.29) is 29.9 Å². The zero-order valence-corrected chi connectivity index (χ0v) is 10.8. The molecule has 6 nitrogen and oxygen atoms in total. The number of ether oxygens (including phenoxy) is 2. The average molecular weight is 268 g/mol. The third-order valence-electron chi connectivity index (χ3n) is 2.44. The first-order valence-corrected chi connectivity index (χ1v) is 5.85. The van der Waals surface area contributed by atoms with Gasteiger partial charge in [0.1, 0.15) is 0 Å². The molecule has 0 atom stereocenters. The Morgan fingerprint density at radius 2 is 1.47 bits per heavy atom. The van der Waals surface area contributed by atoms with Crippen LogP contribution in [0.3, 0.4) is 0 Å². The number of hydrogen-bond acceptors (Lipinski definition) is 4. The van der Waals surface area contributed by atoms with Crippen LogP contribution >= 0.6 is 0 Å². The molecule has 19 heavy (non-hydrogen) atoms. The van der Waals surface area contributed by atoms with E-state index in [9.17, 15) is 9.59 Å². The van der Waals surface area contributed by atoms with Crippen molar-refractivity contribution in [1.82, 2.24) is 0 Å². The van der Waals surface area contributed by atoms with Gasteiger partial charge in [0.15, 0.2) is 6.29 Å². The molecule has 0 aliphatic rings. The van der Waals surface area contributed by atoms with Crippen LogP contribution in [0.25, 0.3) is 0 Å². The minimum atomic E-state index is -1.22. The summed E-state index contributed by atoms with van der Waals surface area (Å²) in [5, 5.41) is 18.3. The van der Waals surface area contributed by atoms with Crippen LogP contribution in [0.2, 0.25) is 0 Å². The predicted octanol–water partition coefficient (Wildman–Crippen LogP) is 2.15. The Balaban J connectivity index is 3.40. The van der Waals surface area contributed by atoms with E-state index in [2.05, 4.69) is 0 Å². The van der Waals surface area contributed by atoms with Crippen molar-refractivity contribution in [3.8, 4) is 0 Å². The molecular formula is C13H16O6. The van der Waals surface area contributed by atoms with Gasteiger partial charge in [-0.1, -0.05) is 6.07 Å². The van der Waals surface area contributed by atoms with Crippen LogP contribution in [0.1, 0.15) is 46.4 Å². The summed E-state index contributed by atoms with van der Waals surface area (Å²) >= 11 is 0. The molecule has 0 spiro atoms. The lowest BCUT2D eigenvalue weighted by Crippen LogP contribution is -2.18. The third kappa shape index (κ3) is 3.52. The molecule has 0 fully saturated rings. The van der Waals surface area contributed by atoms with Crippen molar-refractivity contribution in [2.24, 2.45) is 0 Å². The number of aromatic carboxylic acids is 2. The van der Waals surface area contributed by atoms with Crippen molar-refractivity contribution in [3.63, 3.8) is 0 Å². The van der Waals surface area contributed by atoms with Crippen LogP contribution < -0.4 is 0 Å². The van der Waals surface area contributed by atoms with Gasteiger partial charge in [0.05, 0.1) is 11.1 Å². The van der Waals surface area contributed by atoms with E-state index in [0.717, 1.165) is 0 Å². The van der Waals surface area contributed by atoms with E-state index in [1.54, 1.807) is 13.8 Å². The smallest absolute Gasteiger partial charge is 0.336 e. The van der Waals surface area contributed by atoms with Crippen LogP contribution in [0.5, 0.6) is 0 Å². The van der Waals surface area contributed by atoms with Gasteiger partial charge < -0.3 is 19.7 Å². The standard InChI is InChI=1S/C13H16O6/c1-3-18-13(19-4-2)10-8(11(14)15)6-5-7-9(10)12(16)17/h5-7,13H,3-4H2,1-2H3,(H,14,15)(H,16,17). The van der Waals surface area contributed by atoms with E-state index < -0.39 is 18.2 Å². The first kappa shape index (κ1) is 15.1. The number of hydrogen-bond donors (Lipinski definition) is 2. The number of benzene rings is 1. The molecule has 0 aromatic heterocycles. The maximum absolute atomic E-state index is 11.2. The first-order chi connectivity index (χ1) is 9.02. The highest BCUT2D eigenvalue weighted by atomic mass is 16.7. The van der Waals surface area contributed by atoms with Gasteiger partial charge in [-0.3, -0.25) is 0 Å². The zero-order chi connectivity index (χ0) is 14.4. The molecule has 0 aliphatic heterocycles. The van der Waals surface area contributed by atoms with Crippen LogP contribution in [0, 0.1) is 0 Å². The number of carboxylic acids is 2. The second-order valence-corrected chi connectivity index (χ2v) is 3.62. The lowest BCUT2D eigenvalue weighted by atomic mass is 10.00. The van der Waals surface area contributed by atoms with Crippen molar-refractivity contribution >= 4 is 11.9 Å². The lowest BCUT2D eigenvalue weighted by molar-refractivity contribution is -0.140. The quantitative estimate of drug-likeness (QED) is 0.736. The summed E-state index contributed by atoms with van der Waals surface area (Å²) in [7, 11) is 0. The average Bonchev–Trinajstić information content (AvgIpc) is 2.37. The monoisotopic (exact) mass is 268 g/mol. The number of carbonyl (C=O) groups is 2. The molecule has 0 heterocycles. The van der Waals surface area contributed by atoms with Crippen molar-refractivity contribution in [2.75, 3.05) is 13.2 Å². The zero-order valence-electron chi connectivity index (χ0n) is 10.8. The van der Waals surface area contributed by atoms with Gasteiger partial charge in [-0.2, -0.15) is 0 Å². The minimum Gasteiger partial charge on any atom is -0.478 e. The van der Waals surface area contributed by atoms with Gasteiger partial charge in [-0.25, -0.2) is 9.59 Å². The molecule has 1 aromatic rings. The first-order valence-electron chi connectivity index (χ1n) is 5.85. The highest BCUT2D eigenvalue weighted by molar-refractivity contribution is 5.96. The van der Waals surface area contributed by atoms with E-state index in [1.165, 1.54) is 18.2 Å². The van der Waals surface area contributed by atoms with Crippen LogP contribution in [-0.2, 0) is 9.47 Å². The van der Waals surface area contributed by atoms with E-state index in [4.69, 9.17) is 19.7 Å². The Labute approximate surface area is 110 Å². The molecule has 104 valence electrons. The highest BCUT2D eigenvalue weighted by Crippen LogP contribution is 2.27. The summed E-state index contributed by atoms with van der Waals surface area (Å²) in [6.07, 6.45) is -1.01. The molecule has 6 heteroatoms. The second kappa shape index (κ2) is 6.86. The van der Waals surface area contributed by atoms with Crippen LogP contribution in [0.4, 0.5) is 0 Å². The highest BCUT2D eigenvalue weighted by Gasteiger charge is 2.26. The molecular weight excluding hydrogens is 252 g/mol. The van der Waals surface area contributed by atoms with Crippen LogP contribution in [0.15, 0.2) is 18.2 Å². The lowest BCUT2D eigenvalue weighted by Gasteiger charge is -2.20. The van der Waals surface area contributed by atoms with Gasteiger partial charge in [0.2, 0.25) is 0 Å². The van der Waals surface area contributed by atoms with Crippen molar-refractivity contribution < 1.29 is 29.3 Å². The van der Waals surface area contributed by atoms with Gasteiger partial charge in [0.25, 0.3) is 0 Å². The van der Waals surface area contributed by atoms with E-state index in [0.29, 0.717) is 0 Å². The Morgan fingerprint density at radius 3 is 1.79 bits per heavy atom. The Bertz CT molecular complexity index is 430. The largest absolute Gasteiger partial charge is 0.478 e. The topological polar surface area (TPSA) is 93.1 Å². The molecule has 0 radical (unpaired) electrons. The molecule has 2 N–H and O–H groups in total. The SMILES string of the molecule is CCOC(OCC)c1c(C(=O)O)cccc1C(=O)O. The van der Waals surface area contributed by atoms with Gasteiger partial charge in [0, 0.05) is 18.8 Å². The maximum Gasteiger partial charge on any atom is 0.336 e. The molecule has 1 aromatic carbocycles. The molecule has 0 aliphatic carbocycles. The summed E-state index contributed by atoms with van der Waals surface area (Å²) < 4.78 is 10.6. The molecule has 0 bridgehead atoms. The third-order valence-corrected chi connectivity index (χ3v) is 2.44. The van der Waals surface area contributed by atoms with Gasteiger partial charge in [-0.05, 0) is 26.0 Å². The Hall–Kier alpha value is -1.92. The minimum absolute atomic E-state index is 0.0335. The van der Waals surface area contributed by atoms with Gasteiger partial charge >= 0.3 is 11.9 Å². The predicted molar refractivity (Wildman–Crippen MR) is 66.4 cm³/mol. The fraction of sp³-hybridized carbons (Fsp3) is 0.385. The van der Waals surface area contributed by atoms with Crippen molar-refractivity contribution in [2.45, 2.75) is 20.1 Å². The normalized spacial score (nSPS) is 10.7. The summed E-state index contributed by atoms with van der Waals surface area (Å²) in [6, 6.07) is 4.04. The fourth-order valence-corrected chi connectivity index (χ4v) is 1.71.